The zero-order chi connectivity index (χ0) is 12.7. The number of rotatable bonds is 7. The molecule has 0 saturated heterocycles. The first-order chi connectivity index (χ1) is 8.22. The van der Waals surface area contributed by atoms with Crippen molar-refractivity contribution in [2.24, 2.45) is 0 Å². The normalized spacial score (nSPS) is 13.6. The van der Waals surface area contributed by atoms with Gasteiger partial charge in [-0.1, -0.05) is 24.8 Å². The predicted octanol–water partition coefficient (Wildman–Crippen LogP) is 2.37. The van der Waals surface area contributed by atoms with Gasteiger partial charge >= 0.3 is 8.80 Å². The van der Waals surface area contributed by atoms with E-state index in [0.29, 0.717) is 0 Å². The van der Waals surface area contributed by atoms with Crippen LogP contribution < -0.4 is 0 Å². The molecular formula is C11H19NO3SSi. The molecule has 96 valence electrons. The molecular weight excluding hydrogens is 254 g/mol. The maximum Gasteiger partial charge on any atom is 0.514 e. The van der Waals surface area contributed by atoms with Crippen molar-refractivity contribution < 1.29 is 13.3 Å². The molecule has 0 saturated carbocycles. The third-order valence-electron chi connectivity index (χ3n) is 2.52. The third-order valence-corrected chi connectivity index (χ3v) is 7.74. The topological polar surface area (TPSA) is 40.6 Å². The highest BCUT2D eigenvalue weighted by Gasteiger charge is 2.47. The molecule has 0 fully saturated rings. The fourth-order valence-corrected chi connectivity index (χ4v) is 5.94. The van der Waals surface area contributed by atoms with E-state index in [4.69, 9.17) is 13.3 Å². The van der Waals surface area contributed by atoms with Crippen LogP contribution in [0.3, 0.4) is 0 Å². The van der Waals surface area contributed by atoms with Crippen LogP contribution in [-0.2, 0) is 13.3 Å². The summed E-state index contributed by atoms with van der Waals surface area (Å²) in [5.74, 6) is 0. The Kier molecular flexibility index (Phi) is 6.14. The first-order valence-corrected chi connectivity index (χ1v) is 8.13. The van der Waals surface area contributed by atoms with Gasteiger partial charge in [-0.3, -0.25) is 0 Å². The molecule has 0 N–H and O–H groups in total. The molecule has 0 aliphatic heterocycles. The van der Waals surface area contributed by atoms with Gasteiger partial charge in [0, 0.05) is 27.5 Å². The number of aromatic nitrogens is 1. The molecule has 0 aliphatic rings. The molecule has 0 bridgehead atoms. The Morgan fingerprint density at radius 2 is 1.88 bits per heavy atom. The Morgan fingerprint density at radius 1 is 1.24 bits per heavy atom. The van der Waals surface area contributed by atoms with E-state index < -0.39 is 8.80 Å². The zero-order valence-corrected chi connectivity index (χ0v) is 12.5. The molecule has 0 aromatic carbocycles. The van der Waals surface area contributed by atoms with Crippen LogP contribution in [0.2, 0.25) is 0 Å². The van der Waals surface area contributed by atoms with Crippen LogP contribution in [0.4, 0.5) is 0 Å². The molecule has 1 unspecified atom stereocenters. The van der Waals surface area contributed by atoms with E-state index in [0.717, 1.165) is 11.4 Å². The summed E-state index contributed by atoms with van der Waals surface area (Å²) in [4.78, 5) is 4.45. The van der Waals surface area contributed by atoms with Crippen LogP contribution >= 0.6 is 11.8 Å². The Morgan fingerprint density at radius 3 is 2.29 bits per heavy atom. The Bertz CT molecular complexity index is 313. The number of thioether (sulfide) groups is 1. The van der Waals surface area contributed by atoms with Gasteiger partial charge in [-0.25, -0.2) is 4.98 Å². The van der Waals surface area contributed by atoms with Crippen molar-refractivity contribution in [3.63, 3.8) is 0 Å². The average Bonchev–Trinajstić information content (AvgIpc) is 2.41. The summed E-state index contributed by atoms with van der Waals surface area (Å²) in [6.07, 6.45) is 2.69. The second-order valence-electron chi connectivity index (χ2n) is 3.40. The van der Waals surface area contributed by atoms with Gasteiger partial charge in [-0.2, -0.15) is 0 Å². The van der Waals surface area contributed by atoms with Gasteiger partial charge < -0.3 is 13.3 Å². The van der Waals surface area contributed by atoms with Crippen LogP contribution in [0.15, 0.2) is 29.4 Å². The molecule has 0 amide bonds. The van der Waals surface area contributed by atoms with Crippen LogP contribution in [0.25, 0.3) is 0 Å². The van der Waals surface area contributed by atoms with Crippen molar-refractivity contribution >= 4 is 20.6 Å². The van der Waals surface area contributed by atoms with Gasteiger partial charge in [-0.15, -0.1) is 0 Å². The molecule has 4 nitrogen and oxygen atoms in total. The summed E-state index contributed by atoms with van der Waals surface area (Å²) in [5, 5.41) is 0.961. The van der Waals surface area contributed by atoms with Gasteiger partial charge in [0.15, 0.2) is 0 Å². The molecule has 0 aliphatic carbocycles. The van der Waals surface area contributed by atoms with Crippen molar-refractivity contribution in [1.29, 1.82) is 0 Å². The summed E-state index contributed by atoms with van der Waals surface area (Å²) in [6, 6.07) is 5.85. The van der Waals surface area contributed by atoms with E-state index in [-0.39, 0.29) is 4.87 Å². The minimum Gasteiger partial charge on any atom is -0.376 e. The molecule has 1 heterocycles. The molecule has 0 radical (unpaired) electrons. The van der Waals surface area contributed by atoms with Crippen molar-refractivity contribution in [3.05, 3.63) is 24.4 Å². The van der Waals surface area contributed by atoms with E-state index in [1.165, 1.54) is 0 Å². The molecule has 6 heteroatoms. The highest BCUT2D eigenvalue weighted by Crippen LogP contribution is 2.31. The summed E-state index contributed by atoms with van der Waals surface area (Å²) in [5.41, 5.74) is 0. The van der Waals surface area contributed by atoms with Crippen molar-refractivity contribution in [2.45, 2.75) is 23.2 Å². The number of pyridine rings is 1. The van der Waals surface area contributed by atoms with E-state index in [1.807, 2.05) is 18.2 Å². The maximum atomic E-state index is 5.51. The lowest BCUT2D eigenvalue weighted by molar-refractivity contribution is 0.121. The van der Waals surface area contributed by atoms with E-state index in [1.54, 1.807) is 39.3 Å². The third kappa shape index (κ3) is 3.53. The number of nitrogens with zero attached hydrogens (tertiary/aromatic N) is 1. The fraction of sp³-hybridized carbons (Fsp3) is 0.545. The quantitative estimate of drug-likeness (QED) is 0.563. The first kappa shape index (κ1) is 14.7. The number of hydrogen-bond donors (Lipinski definition) is 0. The Balaban J connectivity index is 2.83. The summed E-state index contributed by atoms with van der Waals surface area (Å²) in [7, 11) is 2.31. The van der Waals surface area contributed by atoms with Gasteiger partial charge in [0.05, 0.1) is 9.90 Å². The average molecular weight is 273 g/mol. The van der Waals surface area contributed by atoms with E-state index in [9.17, 15) is 0 Å². The fourth-order valence-electron chi connectivity index (χ4n) is 1.61. The zero-order valence-electron chi connectivity index (χ0n) is 10.7. The highest BCUT2D eigenvalue weighted by atomic mass is 32.2. The standard InChI is InChI=1S/C11H19NO3SSi/c1-5-11(17(13-2,14-3)15-4)16-10-8-6-7-9-12-10/h6-9,11H,5H2,1-4H3. The first-order valence-electron chi connectivity index (χ1n) is 5.45. The molecule has 1 atom stereocenters. The molecule has 1 aromatic heterocycles. The van der Waals surface area contributed by atoms with Crippen LogP contribution in [0, 0.1) is 0 Å². The van der Waals surface area contributed by atoms with Gasteiger partial charge in [0.2, 0.25) is 0 Å². The second kappa shape index (κ2) is 7.12. The van der Waals surface area contributed by atoms with Gasteiger partial charge in [0.25, 0.3) is 0 Å². The van der Waals surface area contributed by atoms with E-state index >= 15 is 0 Å². The minimum atomic E-state index is -2.61. The lowest BCUT2D eigenvalue weighted by Gasteiger charge is -2.31. The smallest absolute Gasteiger partial charge is 0.376 e. The lowest BCUT2D eigenvalue weighted by Crippen LogP contribution is -2.52. The maximum absolute atomic E-state index is 5.51. The van der Waals surface area contributed by atoms with Crippen LogP contribution in [-0.4, -0.2) is 40.0 Å². The van der Waals surface area contributed by atoms with Crippen molar-refractivity contribution in [1.82, 2.24) is 4.98 Å². The predicted molar refractivity (Wildman–Crippen MR) is 71.0 cm³/mol. The Labute approximate surface area is 108 Å². The second-order valence-corrected chi connectivity index (χ2v) is 8.17. The summed E-state index contributed by atoms with van der Waals surface area (Å²) in [6.45, 7) is 2.10. The largest absolute Gasteiger partial charge is 0.514 e. The monoisotopic (exact) mass is 273 g/mol. The van der Waals surface area contributed by atoms with Crippen LogP contribution in [0.1, 0.15) is 13.3 Å². The van der Waals surface area contributed by atoms with E-state index in [2.05, 4.69) is 11.9 Å². The molecule has 0 spiro atoms. The molecule has 1 rings (SSSR count). The number of hydrogen-bond acceptors (Lipinski definition) is 5. The van der Waals surface area contributed by atoms with Gasteiger partial charge in [0.1, 0.15) is 0 Å². The van der Waals surface area contributed by atoms with Crippen molar-refractivity contribution in [3.8, 4) is 0 Å². The van der Waals surface area contributed by atoms with Crippen LogP contribution in [0.5, 0.6) is 0 Å². The van der Waals surface area contributed by atoms with Gasteiger partial charge in [-0.05, 0) is 18.6 Å². The minimum absolute atomic E-state index is 0.150. The van der Waals surface area contributed by atoms with Crippen molar-refractivity contribution in [2.75, 3.05) is 21.3 Å². The highest BCUT2D eigenvalue weighted by molar-refractivity contribution is 8.01. The summed E-state index contributed by atoms with van der Waals surface area (Å²) < 4.78 is 16.5. The molecule has 17 heavy (non-hydrogen) atoms. The summed E-state index contributed by atoms with van der Waals surface area (Å²) >= 11 is 1.65. The lowest BCUT2D eigenvalue weighted by atomic mass is 10.5. The SMILES string of the molecule is CCC(Sc1ccccn1)[Si](OC)(OC)OC. The Hall–Kier alpha value is -0.403. The molecule has 1 aromatic rings.